The number of unbranched alkanes of at least 4 members (excludes halogenated alkanes) is 1. The van der Waals surface area contributed by atoms with Crippen molar-refractivity contribution in [2.45, 2.75) is 59.0 Å². The fraction of sp³-hybridized carbons (Fsp3) is 0.481. The van der Waals surface area contributed by atoms with Gasteiger partial charge in [-0.05, 0) is 49.9 Å². The van der Waals surface area contributed by atoms with Crippen LogP contribution in [0.5, 0.6) is 5.75 Å². The molecule has 1 N–H and O–H groups in total. The number of benzene rings is 2. The molecule has 198 valence electrons. The molecule has 0 aliphatic rings. The van der Waals surface area contributed by atoms with E-state index in [-0.39, 0.29) is 24.8 Å². The zero-order chi connectivity index (χ0) is 26.7. The van der Waals surface area contributed by atoms with E-state index in [4.69, 9.17) is 4.74 Å². The van der Waals surface area contributed by atoms with Gasteiger partial charge >= 0.3 is 0 Å². The molecule has 0 aromatic heterocycles. The summed E-state index contributed by atoms with van der Waals surface area (Å²) in [6.07, 6.45) is 3.35. The minimum atomic E-state index is -3.60. The standard InChI is InChI=1S/C27H39N3O5S/c1-6-7-18-28-27(32)22(3)29(20-23-14-9-8-13-21(23)2)26(31)17-12-19-30(36(5,33)34)24-15-10-11-16-25(24)35-4/h8-11,13-16,22H,6-7,12,17-20H2,1-5H3,(H,28,32)/t22-/m0/s1. The minimum absolute atomic E-state index is 0.0969. The molecule has 2 aromatic rings. The van der Waals surface area contributed by atoms with Crippen LogP contribution in [-0.2, 0) is 26.2 Å². The van der Waals surface area contributed by atoms with E-state index in [2.05, 4.69) is 12.2 Å². The Morgan fingerprint density at radius 1 is 1.06 bits per heavy atom. The molecule has 0 unspecified atom stereocenters. The predicted octanol–water partition coefficient (Wildman–Crippen LogP) is 3.88. The van der Waals surface area contributed by atoms with Crippen molar-refractivity contribution in [1.29, 1.82) is 0 Å². The first kappa shape index (κ1) is 29.2. The van der Waals surface area contributed by atoms with Crippen LogP contribution in [0.3, 0.4) is 0 Å². The van der Waals surface area contributed by atoms with Gasteiger partial charge in [0.25, 0.3) is 0 Å². The molecule has 1 atom stereocenters. The monoisotopic (exact) mass is 517 g/mol. The highest BCUT2D eigenvalue weighted by Crippen LogP contribution is 2.29. The van der Waals surface area contributed by atoms with E-state index in [0.717, 1.165) is 30.2 Å². The summed E-state index contributed by atoms with van der Waals surface area (Å²) in [6, 6.07) is 14.0. The number of aryl methyl sites for hydroxylation is 1. The molecule has 2 aromatic carbocycles. The van der Waals surface area contributed by atoms with Gasteiger partial charge in [0, 0.05) is 26.1 Å². The molecule has 0 spiro atoms. The zero-order valence-electron chi connectivity index (χ0n) is 22.0. The molecule has 9 heteroatoms. The van der Waals surface area contributed by atoms with Gasteiger partial charge in [0.15, 0.2) is 0 Å². The van der Waals surface area contributed by atoms with Gasteiger partial charge in [0.05, 0.1) is 19.1 Å². The van der Waals surface area contributed by atoms with Crippen LogP contribution in [-0.4, -0.2) is 57.6 Å². The number of methoxy groups -OCH3 is 1. The summed E-state index contributed by atoms with van der Waals surface area (Å²) in [7, 11) is -2.12. The van der Waals surface area contributed by atoms with E-state index in [1.54, 1.807) is 36.1 Å². The fourth-order valence-electron chi connectivity index (χ4n) is 3.91. The van der Waals surface area contributed by atoms with Crippen molar-refractivity contribution in [2.24, 2.45) is 0 Å². The van der Waals surface area contributed by atoms with Crippen molar-refractivity contribution in [1.82, 2.24) is 10.2 Å². The van der Waals surface area contributed by atoms with Gasteiger partial charge in [0.2, 0.25) is 21.8 Å². The van der Waals surface area contributed by atoms with E-state index in [9.17, 15) is 18.0 Å². The van der Waals surface area contributed by atoms with Crippen LogP contribution >= 0.6 is 0 Å². The van der Waals surface area contributed by atoms with E-state index in [0.29, 0.717) is 30.9 Å². The van der Waals surface area contributed by atoms with Crippen LogP contribution in [0.2, 0.25) is 0 Å². The van der Waals surface area contributed by atoms with Crippen LogP contribution in [0.4, 0.5) is 5.69 Å². The number of sulfonamides is 1. The molecule has 0 saturated carbocycles. The van der Waals surface area contributed by atoms with Gasteiger partial charge in [-0.25, -0.2) is 8.42 Å². The lowest BCUT2D eigenvalue weighted by Crippen LogP contribution is -2.48. The summed E-state index contributed by atoms with van der Waals surface area (Å²) < 4.78 is 31.7. The van der Waals surface area contributed by atoms with Gasteiger partial charge in [-0.2, -0.15) is 0 Å². The van der Waals surface area contributed by atoms with Crippen LogP contribution in [0.1, 0.15) is 50.7 Å². The Kier molecular flexibility index (Phi) is 11.2. The van der Waals surface area contributed by atoms with Crippen LogP contribution in [0.25, 0.3) is 0 Å². The number of carbonyl (C=O) groups excluding carboxylic acids is 2. The second kappa shape index (κ2) is 13.9. The molecule has 0 aliphatic heterocycles. The number of para-hydroxylation sites is 2. The normalized spacial score (nSPS) is 12.0. The second-order valence-electron chi connectivity index (χ2n) is 8.88. The van der Waals surface area contributed by atoms with E-state index in [1.807, 2.05) is 31.2 Å². The lowest BCUT2D eigenvalue weighted by molar-refractivity contribution is -0.140. The Labute approximate surface area is 215 Å². The number of carbonyl (C=O) groups is 2. The molecule has 0 heterocycles. The number of nitrogens with one attached hydrogen (secondary N) is 1. The quantitative estimate of drug-likeness (QED) is 0.384. The van der Waals surface area contributed by atoms with E-state index >= 15 is 0 Å². The lowest BCUT2D eigenvalue weighted by Gasteiger charge is -2.30. The molecule has 0 fully saturated rings. The Morgan fingerprint density at radius 2 is 1.72 bits per heavy atom. The third kappa shape index (κ3) is 8.26. The number of hydrogen-bond acceptors (Lipinski definition) is 5. The first-order valence-electron chi connectivity index (χ1n) is 12.3. The molecule has 2 rings (SSSR count). The molecule has 0 aliphatic carbocycles. The number of ether oxygens (including phenoxy) is 1. The van der Waals surface area contributed by atoms with Crippen molar-refractivity contribution < 1.29 is 22.7 Å². The molecule has 0 bridgehead atoms. The average Bonchev–Trinajstić information content (AvgIpc) is 2.85. The second-order valence-corrected chi connectivity index (χ2v) is 10.8. The summed E-state index contributed by atoms with van der Waals surface area (Å²) in [5.41, 5.74) is 2.43. The Hall–Kier alpha value is -3.07. The average molecular weight is 518 g/mol. The van der Waals surface area contributed by atoms with Crippen molar-refractivity contribution >= 4 is 27.5 Å². The van der Waals surface area contributed by atoms with Gasteiger partial charge in [-0.3, -0.25) is 13.9 Å². The number of rotatable bonds is 14. The zero-order valence-corrected chi connectivity index (χ0v) is 22.8. The highest BCUT2D eigenvalue weighted by Gasteiger charge is 2.27. The summed E-state index contributed by atoms with van der Waals surface area (Å²) in [5, 5.41) is 2.91. The maximum absolute atomic E-state index is 13.4. The molecule has 36 heavy (non-hydrogen) atoms. The fourth-order valence-corrected chi connectivity index (χ4v) is 4.88. The van der Waals surface area contributed by atoms with Gasteiger partial charge in [-0.1, -0.05) is 49.7 Å². The predicted molar refractivity (Wildman–Crippen MR) is 144 cm³/mol. The van der Waals surface area contributed by atoms with Gasteiger partial charge < -0.3 is 15.0 Å². The Bertz CT molecular complexity index is 1120. The van der Waals surface area contributed by atoms with Gasteiger partial charge in [0.1, 0.15) is 11.8 Å². The number of hydrogen-bond donors (Lipinski definition) is 1. The first-order valence-corrected chi connectivity index (χ1v) is 14.2. The van der Waals surface area contributed by atoms with Crippen LogP contribution < -0.4 is 14.4 Å². The highest BCUT2D eigenvalue weighted by molar-refractivity contribution is 7.92. The maximum atomic E-state index is 13.4. The molecular formula is C27H39N3O5S. The minimum Gasteiger partial charge on any atom is -0.495 e. The summed E-state index contributed by atoms with van der Waals surface area (Å²) in [5.74, 6) is 0.0369. The first-order chi connectivity index (χ1) is 17.1. The largest absolute Gasteiger partial charge is 0.495 e. The number of amides is 2. The summed E-state index contributed by atoms with van der Waals surface area (Å²) >= 11 is 0. The molecule has 8 nitrogen and oxygen atoms in total. The summed E-state index contributed by atoms with van der Waals surface area (Å²) in [6.45, 7) is 6.73. The van der Waals surface area contributed by atoms with Crippen molar-refractivity contribution in [3.63, 3.8) is 0 Å². The van der Waals surface area contributed by atoms with E-state index < -0.39 is 16.1 Å². The smallest absolute Gasteiger partial charge is 0.242 e. The number of nitrogens with zero attached hydrogens (tertiary/aromatic N) is 2. The van der Waals surface area contributed by atoms with Crippen LogP contribution in [0.15, 0.2) is 48.5 Å². The molecule has 2 amide bonds. The Balaban J connectivity index is 2.18. The molecule has 0 radical (unpaired) electrons. The van der Waals surface area contributed by atoms with Crippen molar-refractivity contribution in [3.05, 3.63) is 59.7 Å². The van der Waals surface area contributed by atoms with Crippen molar-refractivity contribution in [3.8, 4) is 5.75 Å². The third-order valence-corrected chi connectivity index (χ3v) is 7.28. The maximum Gasteiger partial charge on any atom is 0.242 e. The molecule has 0 saturated heterocycles. The summed E-state index contributed by atoms with van der Waals surface area (Å²) in [4.78, 5) is 27.8. The van der Waals surface area contributed by atoms with Crippen LogP contribution in [0, 0.1) is 6.92 Å². The van der Waals surface area contributed by atoms with Crippen molar-refractivity contribution in [2.75, 3.05) is 30.8 Å². The third-order valence-electron chi connectivity index (χ3n) is 6.10. The SMILES string of the molecule is CCCCNC(=O)[C@H](C)N(Cc1ccccc1C)C(=O)CCCN(c1ccccc1OC)S(C)(=O)=O. The highest BCUT2D eigenvalue weighted by atomic mass is 32.2. The Morgan fingerprint density at radius 3 is 2.36 bits per heavy atom. The molecular weight excluding hydrogens is 478 g/mol. The number of anilines is 1. The van der Waals surface area contributed by atoms with E-state index in [1.165, 1.54) is 11.4 Å². The van der Waals surface area contributed by atoms with Gasteiger partial charge in [-0.15, -0.1) is 0 Å². The lowest BCUT2D eigenvalue weighted by atomic mass is 10.1. The topological polar surface area (TPSA) is 96.0 Å².